The van der Waals surface area contributed by atoms with Crippen molar-refractivity contribution in [3.8, 4) is 5.75 Å². The van der Waals surface area contributed by atoms with E-state index in [4.69, 9.17) is 4.42 Å². The van der Waals surface area contributed by atoms with E-state index in [0.29, 0.717) is 27.5 Å². The first-order chi connectivity index (χ1) is 8.58. The number of hydrogen-bond donors (Lipinski definition) is 1. The van der Waals surface area contributed by atoms with Crippen LogP contribution in [0.25, 0.3) is 21.9 Å². The fourth-order valence-corrected chi connectivity index (χ4v) is 2.16. The SMILES string of the molecule is Cc1ccc2oc3c(C)c(O)ccc3c(=O)c2c1. The Labute approximate surface area is 103 Å². The average molecular weight is 240 g/mol. The molecule has 1 aromatic heterocycles. The van der Waals surface area contributed by atoms with Crippen LogP contribution in [0.5, 0.6) is 5.75 Å². The summed E-state index contributed by atoms with van der Waals surface area (Å²) in [7, 11) is 0. The molecule has 3 heteroatoms. The van der Waals surface area contributed by atoms with Crippen LogP contribution in [0.15, 0.2) is 39.5 Å². The number of rotatable bonds is 0. The van der Waals surface area contributed by atoms with Crippen molar-refractivity contribution in [1.29, 1.82) is 0 Å². The molecular weight excluding hydrogens is 228 g/mol. The maximum absolute atomic E-state index is 12.4. The summed E-state index contributed by atoms with van der Waals surface area (Å²) in [5.41, 5.74) is 2.55. The molecule has 3 nitrogen and oxygen atoms in total. The molecule has 0 fully saturated rings. The third kappa shape index (κ3) is 1.40. The van der Waals surface area contributed by atoms with Gasteiger partial charge >= 0.3 is 0 Å². The second kappa shape index (κ2) is 3.60. The molecule has 0 saturated carbocycles. The molecule has 0 saturated heterocycles. The number of phenols is 1. The van der Waals surface area contributed by atoms with E-state index in [9.17, 15) is 9.90 Å². The Balaban J connectivity index is 2.61. The Morgan fingerprint density at radius 3 is 2.61 bits per heavy atom. The summed E-state index contributed by atoms with van der Waals surface area (Å²) in [6.45, 7) is 3.67. The number of aryl methyl sites for hydroxylation is 2. The Morgan fingerprint density at radius 1 is 1.06 bits per heavy atom. The molecule has 0 aliphatic rings. The van der Waals surface area contributed by atoms with E-state index in [1.165, 1.54) is 6.07 Å². The molecular formula is C15H12O3. The van der Waals surface area contributed by atoms with Crippen LogP contribution in [-0.2, 0) is 0 Å². The fourth-order valence-electron chi connectivity index (χ4n) is 2.16. The van der Waals surface area contributed by atoms with E-state index >= 15 is 0 Å². The van der Waals surface area contributed by atoms with Crippen molar-refractivity contribution < 1.29 is 9.52 Å². The van der Waals surface area contributed by atoms with Crippen molar-refractivity contribution in [2.24, 2.45) is 0 Å². The molecule has 0 aliphatic carbocycles. The van der Waals surface area contributed by atoms with Crippen molar-refractivity contribution >= 4 is 21.9 Å². The maximum atomic E-state index is 12.4. The Morgan fingerprint density at radius 2 is 1.83 bits per heavy atom. The van der Waals surface area contributed by atoms with Gasteiger partial charge in [0.05, 0.1) is 10.8 Å². The highest BCUT2D eigenvalue weighted by Crippen LogP contribution is 2.27. The van der Waals surface area contributed by atoms with Gasteiger partial charge in [-0.05, 0) is 38.1 Å². The zero-order valence-electron chi connectivity index (χ0n) is 10.2. The molecule has 2 aromatic carbocycles. The monoisotopic (exact) mass is 240 g/mol. The van der Waals surface area contributed by atoms with Crippen LogP contribution in [0.1, 0.15) is 11.1 Å². The van der Waals surface area contributed by atoms with Crippen LogP contribution in [-0.4, -0.2) is 5.11 Å². The van der Waals surface area contributed by atoms with E-state index in [1.807, 2.05) is 19.1 Å². The van der Waals surface area contributed by atoms with E-state index in [2.05, 4.69) is 0 Å². The zero-order valence-corrected chi connectivity index (χ0v) is 10.2. The standard InChI is InChI=1S/C15H12O3/c1-8-3-6-13-11(7-8)14(17)10-4-5-12(16)9(2)15(10)18-13/h3-7,16H,1-2H3. The molecule has 0 amide bonds. The predicted octanol–water partition coefficient (Wildman–Crippen LogP) is 3.27. The van der Waals surface area contributed by atoms with Gasteiger partial charge in [0.2, 0.25) is 5.43 Å². The van der Waals surface area contributed by atoms with Gasteiger partial charge < -0.3 is 9.52 Å². The minimum Gasteiger partial charge on any atom is -0.508 e. The van der Waals surface area contributed by atoms with Crippen LogP contribution < -0.4 is 5.43 Å². The minimum atomic E-state index is -0.0574. The molecule has 0 atom stereocenters. The van der Waals surface area contributed by atoms with Gasteiger partial charge in [0, 0.05) is 5.56 Å². The van der Waals surface area contributed by atoms with E-state index < -0.39 is 0 Å². The van der Waals surface area contributed by atoms with Gasteiger partial charge in [-0.25, -0.2) is 0 Å². The third-order valence-electron chi connectivity index (χ3n) is 3.21. The summed E-state index contributed by atoms with van der Waals surface area (Å²) in [5.74, 6) is 0.136. The van der Waals surface area contributed by atoms with Gasteiger partial charge in [-0.15, -0.1) is 0 Å². The van der Waals surface area contributed by atoms with Crippen molar-refractivity contribution in [2.75, 3.05) is 0 Å². The number of phenolic OH excluding ortho intramolecular Hbond substituents is 1. The second-order valence-electron chi connectivity index (χ2n) is 4.52. The zero-order chi connectivity index (χ0) is 12.9. The number of benzene rings is 2. The second-order valence-corrected chi connectivity index (χ2v) is 4.52. The molecule has 0 unspecified atom stereocenters. The van der Waals surface area contributed by atoms with Gasteiger partial charge in [-0.1, -0.05) is 11.6 Å². The number of hydrogen-bond acceptors (Lipinski definition) is 3. The molecule has 0 aliphatic heterocycles. The first kappa shape index (κ1) is 10.8. The lowest BCUT2D eigenvalue weighted by Gasteiger charge is -2.05. The van der Waals surface area contributed by atoms with Crippen molar-refractivity contribution in [3.05, 3.63) is 51.7 Å². The van der Waals surface area contributed by atoms with Crippen LogP contribution in [0.4, 0.5) is 0 Å². The molecule has 90 valence electrons. The number of fused-ring (bicyclic) bond motifs is 2. The summed E-state index contributed by atoms with van der Waals surface area (Å²) >= 11 is 0. The summed E-state index contributed by atoms with van der Waals surface area (Å²) < 4.78 is 5.73. The van der Waals surface area contributed by atoms with Gasteiger partial charge in [0.25, 0.3) is 0 Å². The predicted molar refractivity (Wildman–Crippen MR) is 71.1 cm³/mol. The number of aromatic hydroxyl groups is 1. The maximum Gasteiger partial charge on any atom is 0.200 e. The van der Waals surface area contributed by atoms with Crippen molar-refractivity contribution in [1.82, 2.24) is 0 Å². The van der Waals surface area contributed by atoms with Crippen LogP contribution in [0.3, 0.4) is 0 Å². The molecule has 1 heterocycles. The van der Waals surface area contributed by atoms with Crippen LogP contribution in [0.2, 0.25) is 0 Å². The molecule has 0 radical (unpaired) electrons. The summed E-state index contributed by atoms with van der Waals surface area (Å²) in [6, 6.07) is 8.63. The lowest BCUT2D eigenvalue weighted by molar-refractivity contribution is 0.470. The molecule has 0 bridgehead atoms. The average Bonchev–Trinajstić information content (AvgIpc) is 2.36. The van der Waals surface area contributed by atoms with Crippen LogP contribution >= 0.6 is 0 Å². The van der Waals surface area contributed by atoms with E-state index in [1.54, 1.807) is 19.1 Å². The van der Waals surface area contributed by atoms with E-state index in [-0.39, 0.29) is 11.2 Å². The highest BCUT2D eigenvalue weighted by molar-refractivity contribution is 5.92. The molecule has 3 rings (SSSR count). The topological polar surface area (TPSA) is 50.4 Å². The quantitative estimate of drug-likeness (QED) is 0.613. The highest BCUT2D eigenvalue weighted by atomic mass is 16.3. The largest absolute Gasteiger partial charge is 0.508 e. The van der Waals surface area contributed by atoms with Gasteiger partial charge in [-0.2, -0.15) is 0 Å². The van der Waals surface area contributed by atoms with Gasteiger partial charge in [0.15, 0.2) is 0 Å². The fraction of sp³-hybridized carbons (Fsp3) is 0.133. The lowest BCUT2D eigenvalue weighted by atomic mass is 10.1. The normalized spacial score (nSPS) is 11.2. The molecule has 3 aromatic rings. The smallest absolute Gasteiger partial charge is 0.200 e. The lowest BCUT2D eigenvalue weighted by Crippen LogP contribution is -2.03. The molecule has 1 N–H and O–H groups in total. The summed E-state index contributed by atoms with van der Waals surface area (Å²) in [4.78, 5) is 12.4. The van der Waals surface area contributed by atoms with Gasteiger partial charge in [0.1, 0.15) is 16.9 Å². The third-order valence-corrected chi connectivity index (χ3v) is 3.21. The van der Waals surface area contributed by atoms with Crippen molar-refractivity contribution in [2.45, 2.75) is 13.8 Å². The first-order valence-electron chi connectivity index (χ1n) is 5.73. The van der Waals surface area contributed by atoms with E-state index in [0.717, 1.165) is 5.56 Å². The van der Waals surface area contributed by atoms with Crippen LogP contribution in [0, 0.1) is 13.8 Å². The summed E-state index contributed by atoms with van der Waals surface area (Å²) in [6.07, 6.45) is 0. The van der Waals surface area contributed by atoms with Crippen molar-refractivity contribution in [3.63, 3.8) is 0 Å². The Kier molecular flexibility index (Phi) is 2.17. The minimum absolute atomic E-state index is 0.0574. The molecule has 18 heavy (non-hydrogen) atoms. The highest BCUT2D eigenvalue weighted by Gasteiger charge is 2.11. The Hall–Kier alpha value is -2.29. The van der Waals surface area contributed by atoms with Gasteiger partial charge in [-0.3, -0.25) is 4.79 Å². The summed E-state index contributed by atoms with van der Waals surface area (Å²) in [5, 5.41) is 10.7. The molecule has 0 spiro atoms. The first-order valence-corrected chi connectivity index (χ1v) is 5.73. The Bertz CT molecular complexity index is 828.